The van der Waals surface area contributed by atoms with Crippen LogP contribution in [0.5, 0.6) is 0 Å². The zero-order valence-electron chi connectivity index (χ0n) is 15.9. The number of anilines is 1. The molecule has 0 saturated heterocycles. The average molecular weight is 398 g/mol. The van der Waals surface area contributed by atoms with Gasteiger partial charge in [-0.05, 0) is 31.5 Å². The summed E-state index contributed by atoms with van der Waals surface area (Å²) in [5, 5.41) is 14.2. The van der Waals surface area contributed by atoms with Crippen LogP contribution in [0.4, 0.5) is 5.69 Å². The molecule has 28 heavy (non-hydrogen) atoms. The summed E-state index contributed by atoms with van der Waals surface area (Å²) < 4.78 is 0. The molecule has 2 amide bonds. The molecule has 3 aromatic rings. The lowest BCUT2D eigenvalue weighted by Gasteiger charge is -2.24. The summed E-state index contributed by atoms with van der Waals surface area (Å²) in [5.41, 5.74) is 1.88. The fourth-order valence-electron chi connectivity index (χ4n) is 2.88. The quantitative estimate of drug-likeness (QED) is 0.417. The molecule has 0 unspecified atom stereocenters. The third-order valence-corrected chi connectivity index (χ3v) is 4.99. The third-order valence-electron chi connectivity index (χ3n) is 3.91. The maximum absolute atomic E-state index is 12.3. The number of hydrogen-bond donors (Lipinski definition) is 3. The van der Waals surface area contributed by atoms with Gasteiger partial charge in [0.25, 0.3) is 0 Å². The zero-order valence-corrected chi connectivity index (χ0v) is 16.8. The van der Waals surface area contributed by atoms with Gasteiger partial charge < -0.3 is 10.6 Å². The standard InChI is InChI=1S/C19H22N6O2S/c1-12(26)24-19(2,3)8-16(27)23-14-6-4-5-13(7-14)10-28-18-15-9-22-25-17(15)20-11-21-18/h4-7,9,11H,8,10H2,1-3H3,(H,23,27)(H,24,26)(H,20,21,22,25). The van der Waals surface area contributed by atoms with Gasteiger partial charge in [0.1, 0.15) is 11.4 Å². The molecule has 0 bridgehead atoms. The average Bonchev–Trinajstić information content (AvgIpc) is 3.07. The smallest absolute Gasteiger partial charge is 0.226 e. The van der Waals surface area contributed by atoms with Crippen LogP contribution in [-0.4, -0.2) is 37.5 Å². The highest BCUT2D eigenvalue weighted by molar-refractivity contribution is 7.98. The van der Waals surface area contributed by atoms with E-state index in [0.717, 1.165) is 21.7 Å². The van der Waals surface area contributed by atoms with Crippen LogP contribution in [-0.2, 0) is 15.3 Å². The summed E-state index contributed by atoms with van der Waals surface area (Å²) in [6, 6.07) is 7.68. The number of aromatic amines is 1. The van der Waals surface area contributed by atoms with Crippen LogP contribution in [0.1, 0.15) is 32.8 Å². The Bertz CT molecular complexity index is 1000. The fourth-order valence-corrected chi connectivity index (χ4v) is 3.79. The number of benzene rings is 1. The third kappa shape index (κ3) is 5.29. The van der Waals surface area contributed by atoms with Crippen molar-refractivity contribution in [3.63, 3.8) is 0 Å². The van der Waals surface area contributed by atoms with Crippen molar-refractivity contribution in [2.24, 2.45) is 0 Å². The number of rotatable bonds is 7. The minimum atomic E-state index is -0.605. The Morgan fingerprint density at radius 3 is 2.86 bits per heavy atom. The van der Waals surface area contributed by atoms with Crippen LogP contribution in [0.15, 0.2) is 41.8 Å². The van der Waals surface area contributed by atoms with Crippen LogP contribution >= 0.6 is 11.8 Å². The molecule has 0 aliphatic rings. The highest BCUT2D eigenvalue weighted by Gasteiger charge is 2.22. The summed E-state index contributed by atoms with van der Waals surface area (Å²) in [5.74, 6) is 0.381. The Morgan fingerprint density at radius 1 is 1.25 bits per heavy atom. The van der Waals surface area contributed by atoms with E-state index < -0.39 is 5.54 Å². The van der Waals surface area contributed by atoms with Gasteiger partial charge in [-0.3, -0.25) is 14.7 Å². The van der Waals surface area contributed by atoms with E-state index in [9.17, 15) is 9.59 Å². The Labute approximate surface area is 166 Å². The second-order valence-electron chi connectivity index (χ2n) is 7.09. The first-order chi connectivity index (χ1) is 13.3. The molecule has 146 valence electrons. The highest BCUT2D eigenvalue weighted by Crippen LogP contribution is 2.27. The fraction of sp³-hybridized carbons (Fsp3) is 0.316. The monoisotopic (exact) mass is 398 g/mol. The lowest BCUT2D eigenvalue weighted by molar-refractivity contribution is -0.121. The van der Waals surface area contributed by atoms with Gasteiger partial charge in [0.05, 0.1) is 11.6 Å². The van der Waals surface area contributed by atoms with E-state index >= 15 is 0 Å². The van der Waals surface area contributed by atoms with E-state index in [1.807, 2.05) is 38.1 Å². The number of aromatic nitrogens is 4. The predicted molar refractivity (Wildman–Crippen MR) is 109 cm³/mol. The van der Waals surface area contributed by atoms with Gasteiger partial charge in [0, 0.05) is 30.3 Å². The summed E-state index contributed by atoms with van der Waals surface area (Å²) in [6.07, 6.45) is 3.41. The topological polar surface area (TPSA) is 113 Å². The Kier molecular flexibility index (Phi) is 5.93. The largest absolute Gasteiger partial charge is 0.351 e. The second kappa shape index (κ2) is 8.39. The summed E-state index contributed by atoms with van der Waals surface area (Å²) in [4.78, 5) is 32.0. The molecule has 0 spiro atoms. The molecule has 3 N–H and O–H groups in total. The lowest BCUT2D eigenvalue weighted by Crippen LogP contribution is -2.44. The van der Waals surface area contributed by atoms with Crippen LogP contribution < -0.4 is 10.6 Å². The Hall–Kier alpha value is -2.94. The maximum Gasteiger partial charge on any atom is 0.226 e. The first kappa shape index (κ1) is 19.8. The molecule has 1 aromatic carbocycles. The van der Waals surface area contributed by atoms with Crippen LogP contribution in [0.25, 0.3) is 11.0 Å². The summed E-state index contributed by atoms with van der Waals surface area (Å²) in [7, 11) is 0. The first-order valence-corrected chi connectivity index (χ1v) is 9.75. The molecular formula is C19H22N6O2S. The van der Waals surface area contributed by atoms with Crippen molar-refractivity contribution in [3.8, 4) is 0 Å². The SMILES string of the molecule is CC(=O)NC(C)(C)CC(=O)Nc1cccc(CSc2ncnc3[nH]ncc23)c1. The minimum absolute atomic E-state index is 0.153. The van der Waals surface area contributed by atoms with Crippen molar-refractivity contribution in [1.82, 2.24) is 25.5 Å². The number of H-pyrrole nitrogens is 1. The molecule has 2 aromatic heterocycles. The lowest BCUT2D eigenvalue weighted by atomic mass is 10.00. The van der Waals surface area contributed by atoms with Gasteiger partial charge in [0.2, 0.25) is 11.8 Å². The predicted octanol–water partition coefficient (Wildman–Crippen LogP) is 2.89. The molecular weight excluding hydrogens is 376 g/mol. The number of nitrogens with one attached hydrogen (secondary N) is 3. The minimum Gasteiger partial charge on any atom is -0.351 e. The number of thioether (sulfide) groups is 1. The number of fused-ring (bicyclic) bond motifs is 1. The molecule has 0 aliphatic heterocycles. The number of carbonyl (C=O) groups is 2. The number of amides is 2. The van der Waals surface area contributed by atoms with E-state index in [2.05, 4.69) is 30.8 Å². The molecule has 3 rings (SSSR count). The van der Waals surface area contributed by atoms with E-state index in [1.54, 1.807) is 18.0 Å². The van der Waals surface area contributed by atoms with Crippen molar-refractivity contribution in [1.29, 1.82) is 0 Å². The summed E-state index contributed by atoms with van der Waals surface area (Å²) >= 11 is 1.58. The van der Waals surface area contributed by atoms with Crippen molar-refractivity contribution in [3.05, 3.63) is 42.4 Å². The number of nitrogens with zero attached hydrogens (tertiary/aromatic N) is 3. The molecule has 9 heteroatoms. The Balaban J connectivity index is 1.61. The molecule has 0 atom stereocenters. The molecule has 0 saturated carbocycles. The molecule has 2 heterocycles. The van der Waals surface area contributed by atoms with Crippen LogP contribution in [0.2, 0.25) is 0 Å². The van der Waals surface area contributed by atoms with E-state index in [-0.39, 0.29) is 18.2 Å². The van der Waals surface area contributed by atoms with E-state index in [1.165, 1.54) is 13.3 Å². The van der Waals surface area contributed by atoms with Crippen molar-refractivity contribution in [2.75, 3.05) is 5.32 Å². The highest BCUT2D eigenvalue weighted by atomic mass is 32.2. The van der Waals surface area contributed by atoms with Gasteiger partial charge >= 0.3 is 0 Å². The van der Waals surface area contributed by atoms with Gasteiger partial charge in [-0.1, -0.05) is 12.1 Å². The maximum atomic E-state index is 12.3. The first-order valence-electron chi connectivity index (χ1n) is 8.77. The second-order valence-corrected chi connectivity index (χ2v) is 8.05. The normalized spacial score (nSPS) is 11.4. The zero-order chi connectivity index (χ0) is 20.1. The van der Waals surface area contributed by atoms with Gasteiger partial charge in [-0.25, -0.2) is 9.97 Å². The van der Waals surface area contributed by atoms with Crippen LogP contribution in [0, 0.1) is 0 Å². The van der Waals surface area contributed by atoms with E-state index in [0.29, 0.717) is 11.4 Å². The van der Waals surface area contributed by atoms with Crippen molar-refractivity contribution >= 4 is 40.3 Å². The van der Waals surface area contributed by atoms with E-state index in [4.69, 9.17) is 0 Å². The van der Waals surface area contributed by atoms with Crippen LogP contribution in [0.3, 0.4) is 0 Å². The van der Waals surface area contributed by atoms with Gasteiger partial charge in [-0.2, -0.15) is 5.10 Å². The van der Waals surface area contributed by atoms with Gasteiger partial charge in [0.15, 0.2) is 5.65 Å². The molecule has 0 aliphatic carbocycles. The van der Waals surface area contributed by atoms with Gasteiger partial charge in [-0.15, -0.1) is 11.8 Å². The Morgan fingerprint density at radius 2 is 2.07 bits per heavy atom. The number of carbonyl (C=O) groups excluding carboxylic acids is 2. The molecule has 8 nitrogen and oxygen atoms in total. The number of hydrogen-bond acceptors (Lipinski definition) is 6. The van der Waals surface area contributed by atoms with Crippen molar-refractivity contribution < 1.29 is 9.59 Å². The molecule has 0 radical (unpaired) electrons. The molecule has 0 fully saturated rings. The summed E-state index contributed by atoms with van der Waals surface area (Å²) in [6.45, 7) is 5.08. The van der Waals surface area contributed by atoms with Crippen molar-refractivity contribution in [2.45, 2.75) is 43.5 Å².